The Labute approximate surface area is 202 Å². The number of ether oxygens (including phenoxy) is 4. The molecule has 8 nitrogen and oxygen atoms in total. The number of carbonyl (C=O) groups excluding carboxylic acids is 2. The van der Waals surface area contributed by atoms with E-state index in [2.05, 4.69) is 19.2 Å². The summed E-state index contributed by atoms with van der Waals surface area (Å²) >= 11 is 0. The van der Waals surface area contributed by atoms with Crippen LogP contribution in [0.2, 0.25) is 0 Å². The molecule has 0 aliphatic heterocycles. The zero-order valence-electron chi connectivity index (χ0n) is 23.2. The molecule has 0 heterocycles. The van der Waals surface area contributed by atoms with Crippen LogP contribution in [0.4, 0.5) is 0 Å². The van der Waals surface area contributed by atoms with E-state index in [1.54, 1.807) is 14.2 Å². The average molecular weight is 477 g/mol. The minimum Gasteiger partial charge on any atom is -0.460 e. The number of carbonyl (C=O) groups is 2. The summed E-state index contributed by atoms with van der Waals surface area (Å²) in [5.74, 6) is -0.235. The van der Waals surface area contributed by atoms with Gasteiger partial charge in [-0.3, -0.25) is 9.59 Å². The molecule has 0 fully saturated rings. The molecule has 0 saturated heterocycles. The van der Waals surface area contributed by atoms with E-state index in [0.717, 1.165) is 6.54 Å². The highest BCUT2D eigenvalue weighted by Crippen LogP contribution is 2.16. The van der Waals surface area contributed by atoms with Crippen LogP contribution < -0.4 is 11.1 Å². The molecule has 4 atom stereocenters. The number of hydrogen-bond acceptors (Lipinski definition) is 8. The molecule has 3 N–H and O–H groups in total. The van der Waals surface area contributed by atoms with Crippen molar-refractivity contribution in [2.24, 2.45) is 17.6 Å². The maximum Gasteiger partial charge on any atom is 0.306 e. The summed E-state index contributed by atoms with van der Waals surface area (Å²) in [7, 11) is 3.28. The van der Waals surface area contributed by atoms with Gasteiger partial charge < -0.3 is 30.0 Å². The fourth-order valence-corrected chi connectivity index (χ4v) is 2.81. The van der Waals surface area contributed by atoms with E-state index >= 15 is 0 Å². The van der Waals surface area contributed by atoms with Crippen LogP contribution in [-0.2, 0) is 28.5 Å². The van der Waals surface area contributed by atoms with Crippen LogP contribution in [0.3, 0.4) is 0 Å². The number of rotatable bonds is 12. The number of nitrogens with one attached hydrogen (secondary N) is 1. The van der Waals surface area contributed by atoms with Gasteiger partial charge in [-0.2, -0.15) is 0 Å². The van der Waals surface area contributed by atoms with E-state index in [1.165, 1.54) is 0 Å². The third kappa shape index (κ3) is 19.9. The van der Waals surface area contributed by atoms with Gasteiger partial charge in [-0.05, 0) is 61.9 Å². The van der Waals surface area contributed by atoms with Crippen LogP contribution in [0.1, 0.15) is 82.1 Å². The Kier molecular flexibility index (Phi) is 16.9. The van der Waals surface area contributed by atoms with Gasteiger partial charge in [0.2, 0.25) is 0 Å². The van der Waals surface area contributed by atoms with Crippen molar-refractivity contribution in [3.8, 4) is 0 Å². The minimum absolute atomic E-state index is 0.0184. The third-order valence-electron chi connectivity index (χ3n) is 4.86. The molecule has 0 aromatic carbocycles. The number of hydrogen-bond donors (Lipinski definition) is 2. The summed E-state index contributed by atoms with van der Waals surface area (Å²) in [5, 5.41) is 3.34. The first-order chi connectivity index (χ1) is 14.9. The van der Waals surface area contributed by atoms with Crippen LogP contribution >= 0.6 is 0 Å². The molecule has 0 saturated carbocycles. The van der Waals surface area contributed by atoms with Crippen LogP contribution in [0.15, 0.2) is 0 Å². The van der Waals surface area contributed by atoms with Crippen molar-refractivity contribution in [1.29, 1.82) is 0 Å². The van der Waals surface area contributed by atoms with E-state index in [4.69, 9.17) is 24.7 Å². The summed E-state index contributed by atoms with van der Waals surface area (Å²) < 4.78 is 21.0. The number of methoxy groups -OCH3 is 2. The number of nitrogens with two attached hydrogens (primary N) is 1. The lowest BCUT2D eigenvalue weighted by Crippen LogP contribution is -2.37. The van der Waals surface area contributed by atoms with Crippen molar-refractivity contribution in [3.63, 3.8) is 0 Å². The zero-order valence-corrected chi connectivity index (χ0v) is 23.2. The van der Waals surface area contributed by atoms with Crippen LogP contribution in [0, 0.1) is 11.8 Å². The van der Waals surface area contributed by atoms with E-state index in [0.29, 0.717) is 25.4 Å². The quantitative estimate of drug-likeness (QED) is 0.411. The van der Waals surface area contributed by atoms with E-state index < -0.39 is 11.2 Å². The minimum atomic E-state index is -0.438. The Bertz CT molecular complexity index is 540. The SMILES string of the molecule is CO[C@H](C)[C@@H](CN)CC(=O)OC(C)(C)C.CO[C@H](C)[C@@H](CNC(C)C)CC(=O)OC(C)(C)C. The predicted molar refractivity (Wildman–Crippen MR) is 133 cm³/mol. The van der Waals surface area contributed by atoms with Crippen molar-refractivity contribution in [1.82, 2.24) is 5.32 Å². The van der Waals surface area contributed by atoms with Crippen LogP contribution in [0.25, 0.3) is 0 Å². The smallest absolute Gasteiger partial charge is 0.306 e. The second kappa shape index (κ2) is 16.4. The first kappa shape index (κ1) is 34.0. The van der Waals surface area contributed by atoms with E-state index in [-0.39, 0.29) is 36.0 Å². The maximum absolute atomic E-state index is 11.8. The Morgan fingerprint density at radius 2 is 1.12 bits per heavy atom. The second-order valence-corrected chi connectivity index (χ2v) is 10.8. The van der Waals surface area contributed by atoms with Gasteiger partial charge in [0.15, 0.2) is 0 Å². The van der Waals surface area contributed by atoms with Gasteiger partial charge in [0.1, 0.15) is 11.2 Å². The molecule has 8 heteroatoms. The maximum atomic E-state index is 11.8. The lowest BCUT2D eigenvalue weighted by atomic mass is 9.99. The summed E-state index contributed by atoms with van der Waals surface area (Å²) in [6, 6.07) is 0.398. The van der Waals surface area contributed by atoms with Crippen molar-refractivity contribution < 1.29 is 28.5 Å². The van der Waals surface area contributed by atoms with Gasteiger partial charge in [-0.25, -0.2) is 0 Å². The highest BCUT2D eigenvalue weighted by molar-refractivity contribution is 5.70. The highest BCUT2D eigenvalue weighted by atomic mass is 16.6. The van der Waals surface area contributed by atoms with Gasteiger partial charge in [-0.15, -0.1) is 0 Å². The number of esters is 2. The van der Waals surface area contributed by atoms with Crippen molar-refractivity contribution >= 4 is 11.9 Å². The highest BCUT2D eigenvalue weighted by Gasteiger charge is 2.25. The molecule has 0 radical (unpaired) electrons. The molecular weight excluding hydrogens is 424 g/mol. The summed E-state index contributed by atoms with van der Waals surface area (Å²) in [6.07, 6.45) is 0.695. The molecule has 0 aromatic rings. The van der Waals surface area contributed by atoms with E-state index in [1.807, 2.05) is 55.4 Å². The zero-order chi connectivity index (χ0) is 26.4. The third-order valence-corrected chi connectivity index (χ3v) is 4.86. The van der Waals surface area contributed by atoms with Crippen LogP contribution in [-0.4, -0.2) is 68.7 Å². The first-order valence-corrected chi connectivity index (χ1v) is 11.9. The summed E-state index contributed by atoms with van der Waals surface area (Å²) in [4.78, 5) is 23.3. The Hall–Kier alpha value is -1.22. The molecule has 0 unspecified atom stereocenters. The first-order valence-electron chi connectivity index (χ1n) is 11.9. The largest absolute Gasteiger partial charge is 0.460 e. The van der Waals surface area contributed by atoms with Crippen LogP contribution in [0.5, 0.6) is 0 Å². The van der Waals surface area contributed by atoms with Gasteiger partial charge in [-0.1, -0.05) is 13.8 Å². The van der Waals surface area contributed by atoms with Crippen molar-refractivity contribution in [2.45, 2.75) is 112 Å². The Morgan fingerprint density at radius 3 is 1.42 bits per heavy atom. The van der Waals surface area contributed by atoms with Crippen molar-refractivity contribution in [2.75, 3.05) is 27.3 Å². The summed E-state index contributed by atoms with van der Waals surface area (Å²) in [6.45, 7) is 20.4. The molecule has 0 aliphatic rings. The molecule has 0 spiro atoms. The Balaban J connectivity index is 0. The Morgan fingerprint density at radius 1 is 0.758 bits per heavy atom. The molecule has 0 bridgehead atoms. The average Bonchev–Trinajstić information content (AvgIpc) is 2.65. The topological polar surface area (TPSA) is 109 Å². The fraction of sp³-hybridized carbons (Fsp3) is 0.920. The molecule has 0 rings (SSSR count). The van der Waals surface area contributed by atoms with Gasteiger partial charge in [0.05, 0.1) is 25.0 Å². The van der Waals surface area contributed by atoms with Gasteiger partial charge in [0.25, 0.3) is 0 Å². The van der Waals surface area contributed by atoms with Gasteiger partial charge >= 0.3 is 11.9 Å². The lowest BCUT2D eigenvalue weighted by Gasteiger charge is -2.26. The molecule has 0 amide bonds. The van der Waals surface area contributed by atoms with Gasteiger partial charge in [0, 0.05) is 38.6 Å². The molecule has 0 aliphatic carbocycles. The van der Waals surface area contributed by atoms with Crippen molar-refractivity contribution in [3.05, 3.63) is 0 Å². The molecule has 198 valence electrons. The monoisotopic (exact) mass is 476 g/mol. The van der Waals surface area contributed by atoms with E-state index in [9.17, 15) is 9.59 Å². The predicted octanol–water partition coefficient (Wildman–Crippen LogP) is 3.70. The normalized spacial score (nSPS) is 15.7. The molecular formula is C25H52N2O6. The molecule has 33 heavy (non-hydrogen) atoms. The second-order valence-electron chi connectivity index (χ2n) is 10.8. The lowest BCUT2D eigenvalue weighted by molar-refractivity contribution is -0.158. The standard InChI is InChI=1S/C14H29NO3.C11H23NO3/c1-10(2)15-9-12(11(3)17-7)8-13(16)18-14(4,5)6;1-8(14-5)9(7-12)6-10(13)15-11(2,3)4/h10-12,15H,8-9H2,1-7H3;8-9H,6-7,12H2,1-5H3/t11-,12-;8-,9-/m11/s1. The summed E-state index contributed by atoms with van der Waals surface area (Å²) in [5.41, 5.74) is 4.71. The fourth-order valence-electron chi connectivity index (χ4n) is 2.81. The molecule has 0 aromatic heterocycles.